The highest BCUT2D eigenvalue weighted by Crippen LogP contribution is 2.34. The minimum absolute atomic E-state index is 0.00641. The number of alkyl halides is 3. The third-order valence-electron chi connectivity index (χ3n) is 5.38. The van der Waals surface area contributed by atoms with Gasteiger partial charge in [0.1, 0.15) is 6.54 Å². The van der Waals surface area contributed by atoms with Crippen LogP contribution in [0.2, 0.25) is 0 Å². The van der Waals surface area contributed by atoms with Gasteiger partial charge in [-0.3, -0.25) is 19.0 Å². The highest BCUT2D eigenvalue weighted by Gasteiger charge is 2.31. The van der Waals surface area contributed by atoms with E-state index in [0.29, 0.717) is 11.1 Å². The lowest BCUT2D eigenvalue weighted by Crippen LogP contribution is -2.35. The second-order valence-electron chi connectivity index (χ2n) is 8.75. The van der Waals surface area contributed by atoms with Crippen molar-refractivity contribution in [1.29, 1.82) is 0 Å². The molecule has 0 spiro atoms. The average molecular weight is 548 g/mol. The molecule has 2 aromatic carbocycles. The lowest BCUT2D eigenvalue weighted by molar-refractivity contribution is -0.137. The molecular weight excluding hydrogens is 519 g/mol. The normalized spacial score (nSPS) is 11.9. The summed E-state index contributed by atoms with van der Waals surface area (Å²) in [6.07, 6.45) is -3.44. The summed E-state index contributed by atoms with van der Waals surface area (Å²) in [4.78, 5) is 34.9. The molecule has 0 radical (unpaired) electrons. The van der Waals surface area contributed by atoms with Gasteiger partial charge in [0.15, 0.2) is 11.7 Å². The van der Waals surface area contributed by atoms with Gasteiger partial charge in [-0.1, -0.05) is 29.4 Å². The molecule has 0 aliphatic heterocycles. The fourth-order valence-corrected chi connectivity index (χ4v) is 3.63. The second kappa shape index (κ2) is 12.3. The largest absolute Gasteiger partial charge is 0.416 e. The minimum Gasteiger partial charge on any atom is -0.409 e. The number of benzene rings is 2. The molecule has 0 aliphatic carbocycles. The van der Waals surface area contributed by atoms with Crippen molar-refractivity contribution in [2.24, 2.45) is 5.16 Å². The van der Waals surface area contributed by atoms with Gasteiger partial charge >= 0.3 is 6.18 Å². The van der Waals surface area contributed by atoms with Crippen LogP contribution in [0.4, 0.5) is 24.7 Å². The zero-order valence-corrected chi connectivity index (χ0v) is 21.3. The van der Waals surface area contributed by atoms with Crippen LogP contribution in [0.25, 0.3) is 11.3 Å². The molecule has 0 saturated heterocycles. The van der Waals surface area contributed by atoms with Gasteiger partial charge in [0, 0.05) is 29.4 Å². The topological polar surface area (TPSA) is 156 Å². The molecule has 0 aliphatic rings. The Morgan fingerprint density at radius 1 is 1.21 bits per heavy atom. The summed E-state index contributed by atoms with van der Waals surface area (Å²) in [5.41, 5.74) is 7.48. The molecule has 3 aromatic rings. The van der Waals surface area contributed by atoms with Crippen LogP contribution in [0.1, 0.15) is 30.5 Å². The van der Waals surface area contributed by atoms with Crippen molar-refractivity contribution in [2.45, 2.75) is 39.2 Å². The molecule has 208 valence electrons. The van der Waals surface area contributed by atoms with E-state index in [2.05, 4.69) is 26.3 Å². The molecule has 39 heavy (non-hydrogen) atoms. The van der Waals surface area contributed by atoms with Gasteiger partial charge in [-0.15, -0.1) is 0 Å². The fourth-order valence-electron chi connectivity index (χ4n) is 3.63. The van der Waals surface area contributed by atoms with Crippen LogP contribution in [0.3, 0.4) is 0 Å². The molecule has 14 heteroatoms. The summed E-state index contributed by atoms with van der Waals surface area (Å²) < 4.78 is 41.3. The fraction of sp³-hybridized carbons (Fsp3) is 0.280. The quantitative estimate of drug-likeness (QED) is 0.0900. The zero-order chi connectivity index (χ0) is 28.7. The average Bonchev–Trinajstić information content (AvgIpc) is 2.87. The van der Waals surface area contributed by atoms with Crippen molar-refractivity contribution in [3.63, 3.8) is 0 Å². The Bertz CT molecular complexity index is 1400. The van der Waals surface area contributed by atoms with Crippen LogP contribution in [-0.4, -0.2) is 39.7 Å². The Morgan fingerprint density at radius 2 is 1.90 bits per heavy atom. The van der Waals surface area contributed by atoms with Crippen LogP contribution < -0.4 is 27.4 Å². The number of halogens is 3. The van der Waals surface area contributed by atoms with Gasteiger partial charge in [0.05, 0.1) is 24.6 Å². The van der Waals surface area contributed by atoms with Gasteiger partial charge < -0.3 is 21.6 Å². The first-order chi connectivity index (χ1) is 18.4. The zero-order valence-electron chi connectivity index (χ0n) is 21.3. The molecule has 1 heterocycles. The number of aromatic nitrogens is 2. The van der Waals surface area contributed by atoms with E-state index in [9.17, 15) is 22.8 Å². The third-order valence-corrected chi connectivity index (χ3v) is 5.38. The number of nitrogens with one attached hydrogen (secondary N) is 3. The first kappa shape index (κ1) is 29.0. The summed E-state index contributed by atoms with van der Waals surface area (Å²) >= 11 is 0. The molecule has 0 saturated carbocycles. The Hall–Kier alpha value is -4.59. The highest BCUT2D eigenvalue weighted by atomic mass is 19.4. The number of nitrogen functional groups attached to an aromatic ring is 1. The maximum absolute atomic E-state index is 13.4. The molecule has 1 aromatic heterocycles. The maximum Gasteiger partial charge on any atom is 0.416 e. The number of amidine groups is 1. The lowest BCUT2D eigenvalue weighted by Gasteiger charge is -2.17. The first-order valence-electron chi connectivity index (χ1n) is 11.6. The van der Waals surface area contributed by atoms with E-state index in [0.717, 1.165) is 16.7 Å². The number of nitrogens with zero attached hydrogens (tertiary/aromatic N) is 3. The number of hydrogen-bond donors (Lipinski definition) is 5. The molecule has 3 rings (SSSR count). The molecule has 0 unspecified atom stereocenters. The van der Waals surface area contributed by atoms with E-state index >= 15 is 0 Å². The lowest BCUT2D eigenvalue weighted by atomic mass is 10.1. The number of amides is 1. The van der Waals surface area contributed by atoms with Gasteiger partial charge in [0.25, 0.3) is 5.56 Å². The molecule has 11 nitrogen and oxygen atoms in total. The Balaban J connectivity index is 1.89. The van der Waals surface area contributed by atoms with Gasteiger partial charge in [-0.2, -0.15) is 13.2 Å². The van der Waals surface area contributed by atoms with Crippen molar-refractivity contribution in [2.75, 3.05) is 18.2 Å². The number of hydrogen-bond acceptors (Lipinski definition) is 8. The van der Waals surface area contributed by atoms with Crippen molar-refractivity contribution >= 4 is 23.2 Å². The van der Waals surface area contributed by atoms with Gasteiger partial charge in [0.2, 0.25) is 5.91 Å². The van der Waals surface area contributed by atoms with Crippen molar-refractivity contribution in [3.8, 4) is 11.3 Å². The predicted octanol–water partition coefficient (Wildman–Crippen LogP) is 2.93. The van der Waals surface area contributed by atoms with Crippen molar-refractivity contribution in [3.05, 3.63) is 75.7 Å². The monoisotopic (exact) mass is 547 g/mol. The van der Waals surface area contributed by atoms with Gasteiger partial charge in [-0.25, -0.2) is 10.5 Å². The minimum atomic E-state index is -4.67. The standard InChI is InChI=1S/C25H28F3N7O4/c1-14(2)32-23-24(37)35(20(12-31-23)17-8-18(25(26,27)28)10-19(29)9-17)13-21(36)30-11-15-4-6-16(7-5-15)22(33-38)34-39-3/h4-10,12,14,38H,11,13,29H2,1-3H3,(H,30,36)(H,31,32)(H,33,34). The summed E-state index contributed by atoms with van der Waals surface area (Å²) in [6, 6.07) is 9.37. The third kappa shape index (κ3) is 7.47. The SMILES string of the molecule is CONC(=NO)c1ccc(CNC(=O)Cn2c(-c3cc(N)cc(C(F)(F)F)c3)cnc(NC(C)C)c2=O)cc1. The number of nitrogens with two attached hydrogens (primary N) is 1. The molecule has 1 amide bonds. The smallest absolute Gasteiger partial charge is 0.409 e. The van der Waals surface area contributed by atoms with Crippen LogP contribution in [0.5, 0.6) is 0 Å². The first-order valence-corrected chi connectivity index (χ1v) is 11.6. The molecule has 0 atom stereocenters. The number of oxime groups is 1. The summed E-state index contributed by atoms with van der Waals surface area (Å²) in [6.45, 7) is 3.17. The van der Waals surface area contributed by atoms with E-state index in [1.807, 2.05) is 0 Å². The molecule has 6 N–H and O–H groups in total. The Kier molecular flexibility index (Phi) is 9.14. The van der Waals surface area contributed by atoms with Gasteiger partial charge in [-0.05, 0) is 37.6 Å². The predicted molar refractivity (Wildman–Crippen MR) is 139 cm³/mol. The summed E-state index contributed by atoms with van der Waals surface area (Å²) in [5, 5.41) is 17.7. The van der Waals surface area contributed by atoms with E-state index in [1.165, 1.54) is 19.4 Å². The molecule has 0 fully saturated rings. The summed E-state index contributed by atoms with van der Waals surface area (Å²) in [7, 11) is 1.36. The number of carbonyl (C=O) groups is 1. The van der Waals surface area contributed by atoms with Crippen molar-refractivity contribution in [1.82, 2.24) is 20.3 Å². The number of anilines is 2. The number of hydroxylamine groups is 1. The Morgan fingerprint density at radius 3 is 2.49 bits per heavy atom. The van der Waals surface area contributed by atoms with Crippen LogP contribution in [0.15, 0.2) is 58.6 Å². The van der Waals surface area contributed by atoms with E-state index < -0.39 is 29.8 Å². The Labute approximate surface area is 221 Å². The molecule has 0 bridgehead atoms. The number of carbonyl (C=O) groups excluding carboxylic acids is 1. The van der Waals surface area contributed by atoms with Crippen LogP contribution >= 0.6 is 0 Å². The summed E-state index contributed by atoms with van der Waals surface area (Å²) in [5.74, 6) is -0.537. The second-order valence-corrected chi connectivity index (χ2v) is 8.75. The highest BCUT2D eigenvalue weighted by molar-refractivity contribution is 5.97. The van der Waals surface area contributed by atoms with Crippen LogP contribution in [0, 0.1) is 0 Å². The van der Waals surface area contributed by atoms with E-state index in [4.69, 9.17) is 15.8 Å². The molecular formula is C25H28F3N7O4. The van der Waals surface area contributed by atoms with Crippen LogP contribution in [-0.2, 0) is 28.9 Å². The maximum atomic E-state index is 13.4. The van der Waals surface area contributed by atoms with Crippen molar-refractivity contribution < 1.29 is 28.0 Å². The number of rotatable bonds is 9. The van der Waals surface area contributed by atoms with E-state index in [-0.39, 0.29) is 41.2 Å². The van der Waals surface area contributed by atoms with E-state index in [1.54, 1.807) is 38.1 Å².